The molecular weight excluding hydrogens is 204 g/mol. The Balaban J connectivity index is 1.94. The van der Waals surface area contributed by atoms with Crippen molar-refractivity contribution >= 4 is 17.3 Å². The van der Waals surface area contributed by atoms with Crippen LogP contribution in [0.2, 0.25) is 0 Å². The van der Waals surface area contributed by atoms with Crippen LogP contribution in [0.15, 0.2) is 0 Å². The van der Waals surface area contributed by atoms with E-state index in [0.717, 1.165) is 23.6 Å². The van der Waals surface area contributed by atoms with E-state index in [2.05, 4.69) is 17.1 Å². The van der Waals surface area contributed by atoms with E-state index in [0.29, 0.717) is 0 Å². The number of likely N-dealkylation sites (tertiary alicyclic amines) is 1. The van der Waals surface area contributed by atoms with Gasteiger partial charge in [0.2, 0.25) is 0 Å². The Bertz CT molecular complexity index is 224. The Morgan fingerprint density at radius 1 is 1.27 bits per heavy atom. The zero-order valence-corrected chi connectivity index (χ0v) is 10.5. The van der Waals surface area contributed by atoms with Crippen molar-refractivity contribution in [1.82, 2.24) is 10.2 Å². The van der Waals surface area contributed by atoms with Gasteiger partial charge in [-0.25, -0.2) is 0 Å². The lowest BCUT2D eigenvalue weighted by Crippen LogP contribution is -2.45. The largest absolute Gasteiger partial charge is 0.363 e. The molecule has 86 valence electrons. The third-order valence-corrected chi connectivity index (χ3v) is 4.21. The standard InChI is InChI=1S/C12H22N2S/c1-2-13-12(15)14-9-5-8-11(14)10-6-3-4-7-10/h10-11H,2-9H2,1H3,(H,13,15). The second-order valence-electron chi connectivity index (χ2n) is 4.78. The minimum absolute atomic E-state index is 0.749. The predicted octanol–water partition coefficient (Wildman–Crippen LogP) is 2.54. The van der Waals surface area contributed by atoms with Gasteiger partial charge < -0.3 is 10.2 Å². The molecule has 1 unspecified atom stereocenters. The summed E-state index contributed by atoms with van der Waals surface area (Å²) in [6.07, 6.45) is 8.40. The summed E-state index contributed by atoms with van der Waals surface area (Å²) in [5.41, 5.74) is 0. The SMILES string of the molecule is CCNC(=S)N1CCCC1C1CCCC1. The molecule has 1 heterocycles. The summed E-state index contributed by atoms with van der Waals surface area (Å²) in [4.78, 5) is 2.45. The van der Waals surface area contributed by atoms with E-state index >= 15 is 0 Å². The van der Waals surface area contributed by atoms with E-state index in [1.54, 1.807) is 0 Å². The molecule has 1 saturated heterocycles. The fraction of sp³-hybridized carbons (Fsp3) is 0.917. The average Bonchev–Trinajstić information content (AvgIpc) is 2.88. The van der Waals surface area contributed by atoms with Crippen LogP contribution >= 0.6 is 12.2 Å². The molecule has 2 nitrogen and oxygen atoms in total. The Kier molecular flexibility index (Phi) is 3.84. The van der Waals surface area contributed by atoms with E-state index < -0.39 is 0 Å². The van der Waals surface area contributed by atoms with Crippen molar-refractivity contribution in [1.29, 1.82) is 0 Å². The van der Waals surface area contributed by atoms with E-state index in [-0.39, 0.29) is 0 Å². The summed E-state index contributed by atoms with van der Waals surface area (Å²) in [5.74, 6) is 0.920. The number of hydrogen-bond donors (Lipinski definition) is 1. The van der Waals surface area contributed by atoms with Gasteiger partial charge in [0.1, 0.15) is 0 Å². The van der Waals surface area contributed by atoms with Crippen molar-refractivity contribution in [2.45, 2.75) is 51.5 Å². The first-order valence-electron chi connectivity index (χ1n) is 6.37. The first kappa shape index (κ1) is 11.2. The summed E-state index contributed by atoms with van der Waals surface area (Å²) in [7, 11) is 0. The molecule has 0 radical (unpaired) electrons. The Hall–Kier alpha value is -0.310. The van der Waals surface area contributed by atoms with Gasteiger partial charge in [0.05, 0.1) is 0 Å². The molecule has 0 bridgehead atoms. The Morgan fingerprint density at radius 2 is 2.00 bits per heavy atom. The third kappa shape index (κ3) is 2.44. The fourth-order valence-corrected chi connectivity index (χ4v) is 3.50. The highest BCUT2D eigenvalue weighted by atomic mass is 32.1. The van der Waals surface area contributed by atoms with Crippen LogP contribution < -0.4 is 5.32 Å². The number of nitrogens with zero attached hydrogens (tertiary/aromatic N) is 1. The first-order valence-corrected chi connectivity index (χ1v) is 6.78. The number of thiocarbonyl (C=S) groups is 1. The van der Waals surface area contributed by atoms with E-state index in [4.69, 9.17) is 12.2 Å². The monoisotopic (exact) mass is 226 g/mol. The van der Waals surface area contributed by atoms with Crippen LogP contribution in [0, 0.1) is 5.92 Å². The van der Waals surface area contributed by atoms with Gasteiger partial charge in [-0.3, -0.25) is 0 Å². The molecule has 0 aromatic heterocycles. The molecule has 3 heteroatoms. The van der Waals surface area contributed by atoms with Crippen molar-refractivity contribution in [3.63, 3.8) is 0 Å². The molecule has 1 aliphatic carbocycles. The summed E-state index contributed by atoms with van der Waals surface area (Å²) >= 11 is 5.44. The molecule has 0 spiro atoms. The molecule has 1 N–H and O–H groups in total. The van der Waals surface area contributed by atoms with Crippen LogP contribution in [-0.4, -0.2) is 29.1 Å². The number of rotatable bonds is 2. The molecule has 0 amide bonds. The fourth-order valence-electron chi connectivity index (χ4n) is 3.13. The lowest BCUT2D eigenvalue weighted by molar-refractivity contribution is 0.278. The zero-order chi connectivity index (χ0) is 10.7. The number of nitrogens with one attached hydrogen (secondary N) is 1. The van der Waals surface area contributed by atoms with Gasteiger partial charge in [-0.05, 0) is 50.7 Å². The predicted molar refractivity (Wildman–Crippen MR) is 68.0 cm³/mol. The Morgan fingerprint density at radius 3 is 2.67 bits per heavy atom. The summed E-state index contributed by atoms with van der Waals surface area (Å²) < 4.78 is 0. The van der Waals surface area contributed by atoms with Crippen molar-refractivity contribution in [2.75, 3.05) is 13.1 Å². The summed E-state index contributed by atoms with van der Waals surface area (Å²) in [6, 6.07) is 0.749. The lowest BCUT2D eigenvalue weighted by atomic mass is 9.96. The van der Waals surface area contributed by atoms with Crippen molar-refractivity contribution in [3.8, 4) is 0 Å². The zero-order valence-electron chi connectivity index (χ0n) is 9.67. The average molecular weight is 226 g/mol. The normalized spacial score (nSPS) is 27.3. The highest BCUT2D eigenvalue weighted by Crippen LogP contribution is 2.35. The highest BCUT2D eigenvalue weighted by Gasteiger charge is 2.34. The Labute approximate surface area is 98.4 Å². The minimum atomic E-state index is 0.749. The van der Waals surface area contributed by atoms with Gasteiger partial charge in [0.15, 0.2) is 5.11 Å². The maximum atomic E-state index is 5.44. The topological polar surface area (TPSA) is 15.3 Å². The third-order valence-electron chi connectivity index (χ3n) is 3.83. The highest BCUT2D eigenvalue weighted by molar-refractivity contribution is 7.80. The maximum Gasteiger partial charge on any atom is 0.169 e. The van der Waals surface area contributed by atoms with Crippen molar-refractivity contribution in [3.05, 3.63) is 0 Å². The molecule has 15 heavy (non-hydrogen) atoms. The summed E-state index contributed by atoms with van der Waals surface area (Å²) in [6.45, 7) is 4.24. The minimum Gasteiger partial charge on any atom is -0.363 e. The van der Waals surface area contributed by atoms with Gasteiger partial charge >= 0.3 is 0 Å². The van der Waals surface area contributed by atoms with Gasteiger partial charge in [-0.2, -0.15) is 0 Å². The van der Waals surface area contributed by atoms with Crippen LogP contribution in [0.25, 0.3) is 0 Å². The van der Waals surface area contributed by atoms with Crippen LogP contribution in [0.5, 0.6) is 0 Å². The maximum absolute atomic E-state index is 5.44. The molecule has 1 aliphatic heterocycles. The first-order chi connectivity index (χ1) is 7.33. The van der Waals surface area contributed by atoms with E-state index in [1.807, 2.05) is 0 Å². The van der Waals surface area contributed by atoms with Crippen molar-refractivity contribution < 1.29 is 0 Å². The van der Waals surface area contributed by atoms with Crippen LogP contribution in [0.4, 0.5) is 0 Å². The van der Waals surface area contributed by atoms with E-state index in [1.165, 1.54) is 45.1 Å². The molecule has 1 atom stereocenters. The van der Waals surface area contributed by atoms with Crippen LogP contribution in [0.3, 0.4) is 0 Å². The molecule has 2 rings (SSSR count). The van der Waals surface area contributed by atoms with Gasteiger partial charge in [0.25, 0.3) is 0 Å². The molecule has 0 aromatic carbocycles. The quantitative estimate of drug-likeness (QED) is 0.729. The molecule has 1 saturated carbocycles. The van der Waals surface area contributed by atoms with Crippen molar-refractivity contribution in [2.24, 2.45) is 5.92 Å². The summed E-state index contributed by atoms with van der Waals surface area (Å²) in [5, 5.41) is 4.29. The molecular formula is C12H22N2S. The smallest absolute Gasteiger partial charge is 0.169 e. The second kappa shape index (κ2) is 5.15. The van der Waals surface area contributed by atoms with Gasteiger partial charge in [0, 0.05) is 19.1 Å². The van der Waals surface area contributed by atoms with E-state index in [9.17, 15) is 0 Å². The number of hydrogen-bond acceptors (Lipinski definition) is 1. The molecule has 2 fully saturated rings. The van der Waals surface area contributed by atoms with Gasteiger partial charge in [-0.1, -0.05) is 12.8 Å². The van der Waals surface area contributed by atoms with Crippen LogP contribution in [-0.2, 0) is 0 Å². The molecule has 0 aromatic rings. The van der Waals surface area contributed by atoms with Gasteiger partial charge in [-0.15, -0.1) is 0 Å². The lowest BCUT2D eigenvalue weighted by Gasteiger charge is -2.31. The molecule has 2 aliphatic rings. The van der Waals surface area contributed by atoms with Crippen LogP contribution in [0.1, 0.15) is 45.4 Å². The second-order valence-corrected chi connectivity index (χ2v) is 5.17.